The highest BCUT2D eigenvalue weighted by atomic mass is 35.5. The van der Waals surface area contributed by atoms with Crippen LogP contribution in [0, 0.1) is 0 Å². The Morgan fingerprint density at radius 1 is 1.35 bits per heavy atom. The zero-order valence-electron chi connectivity index (χ0n) is 14.7. The van der Waals surface area contributed by atoms with Crippen LogP contribution >= 0.6 is 12.4 Å². The van der Waals surface area contributed by atoms with Gasteiger partial charge in [-0.05, 0) is 37.2 Å². The summed E-state index contributed by atoms with van der Waals surface area (Å²) in [7, 11) is 1.62. The molecule has 2 heterocycles. The van der Waals surface area contributed by atoms with E-state index in [1.807, 2.05) is 24.3 Å². The largest absolute Gasteiger partial charge is 0.497 e. The SMILES string of the molecule is COc1ccc(-c2noc(CCC(=O)NCC3=CCNCC3)n2)cc1.Cl. The molecule has 1 aromatic heterocycles. The highest BCUT2D eigenvalue weighted by molar-refractivity contribution is 5.85. The number of amides is 1. The second-order valence-electron chi connectivity index (χ2n) is 5.83. The minimum atomic E-state index is -0.0105. The van der Waals surface area contributed by atoms with Crippen molar-refractivity contribution in [3.63, 3.8) is 0 Å². The number of hydrogen-bond acceptors (Lipinski definition) is 6. The molecule has 0 fully saturated rings. The molecule has 1 amide bonds. The standard InChI is InChI=1S/C18H22N4O3.ClH/c1-24-15-4-2-14(3-5-15)18-21-17(25-22-18)7-6-16(23)20-12-13-8-10-19-11-9-13;/h2-5,8,19H,6-7,9-12H2,1H3,(H,20,23);1H. The molecule has 0 saturated heterocycles. The van der Waals surface area contributed by atoms with Gasteiger partial charge in [0.15, 0.2) is 0 Å². The number of hydrogen-bond donors (Lipinski definition) is 2. The molecule has 7 nitrogen and oxygen atoms in total. The van der Waals surface area contributed by atoms with E-state index in [2.05, 4.69) is 26.9 Å². The molecule has 2 aromatic rings. The van der Waals surface area contributed by atoms with Crippen molar-refractivity contribution >= 4 is 18.3 Å². The van der Waals surface area contributed by atoms with Crippen molar-refractivity contribution in [3.8, 4) is 17.1 Å². The zero-order valence-corrected chi connectivity index (χ0v) is 15.5. The van der Waals surface area contributed by atoms with Gasteiger partial charge in [0, 0.05) is 31.5 Å². The van der Waals surface area contributed by atoms with Crippen molar-refractivity contribution in [3.05, 3.63) is 41.8 Å². The van der Waals surface area contributed by atoms with E-state index >= 15 is 0 Å². The van der Waals surface area contributed by atoms with E-state index in [1.54, 1.807) is 7.11 Å². The van der Waals surface area contributed by atoms with Crippen LogP contribution < -0.4 is 15.4 Å². The van der Waals surface area contributed by atoms with Crippen molar-refractivity contribution < 1.29 is 14.1 Å². The Kier molecular flexibility index (Phi) is 7.62. The molecular formula is C18H23ClN4O3. The minimum Gasteiger partial charge on any atom is -0.497 e. The van der Waals surface area contributed by atoms with E-state index < -0.39 is 0 Å². The number of methoxy groups -OCH3 is 1. The Morgan fingerprint density at radius 3 is 2.85 bits per heavy atom. The van der Waals surface area contributed by atoms with E-state index in [-0.39, 0.29) is 18.3 Å². The maximum Gasteiger partial charge on any atom is 0.227 e. The summed E-state index contributed by atoms with van der Waals surface area (Å²) in [5, 5.41) is 10.1. The third-order valence-electron chi connectivity index (χ3n) is 4.05. The number of aromatic nitrogens is 2. The fraction of sp³-hybridized carbons (Fsp3) is 0.389. The summed E-state index contributed by atoms with van der Waals surface area (Å²) in [5.41, 5.74) is 2.12. The Bertz CT molecular complexity index is 743. The van der Waals surface area contributed by atoms with Crippen molar-refractivity contribution in [2.45, 2.75) is 19.3 Å². The highest BCUT2D eigenvalue weighted by Gasteiger charge is 2.11. The molecule has 26 heavy (non-hydrogen) atoms. The van der Waals surface area contributed by atoms with Crippen LogP contribution in [0.2, 0.25) is 0 Å². The van der Waals surface area contributed by atoms with Crippen LogP contribution in [0.3, 0.4) is 0 Å². The molecule has 140 valence electrons. The van der Waals surface area contributed by atoms with E-state index in [9.17, 15) is 4.79 Å². The number of carbonyl (C=O) groups excluding carboxylic acids is 1. The molecule has 1 aliphatic rings. The van der Waals surface area contributed by atoms with Crippen molar-refractivity contribution in [1.29, 1.82) is 0 Å². The first-order chi connectivity index (χ1) is 12.2. The number of carbonyl (C=O) groups is 1. The molecule has 0 saturated carbocycles. The molecule has 0 atom stereocenters. The topological polar surface area (TPSA) is 89.3 Å². The van der Waals surface area contributed by atoms with Gasteiger partial charge in [0.05, 0.1) is 7.11 Å². The number of rotatable bonds is 7. The second kappa shape index (κ2) is 9.94. The Hall–Kier alpha value is -2.38. The summed E-state index contributed by atoms with van der Waals surface area (Å²) >= 11 is 0. The fourth-order valence-corrected chi connectivity index (χ4v) is 2.56. The summed E-state index contributed by atoms with van der Waals surface area (Å²) in [5.74, 6) is 1.73. The lowest BCUT2D eigenvalue weighted by molar-refractivity contribution is -0.121. The summed E-state index contributed by atoms with van der Waals surface area (Å²) < 4.78 is 10.4. The molecule has 2 N–H and O–H groups in total. The number of nitrogens with one attached hydrogen (secondary N) is 2. The molecule has 0 bridgehead atoms. The molecular weight excluding hydrogens is 356 g/mol. The Morgan fingerprint density at radius 2 is 2.15 bits per heavy atom. The summed E-state index contributed by atoms with van der Waals surface area (Å²) in [6.07, 6.45) is 3.86. The first-order valence-electron chi connectivity index (χ1n) is 8.37. The molecule has 8 heteroatoms. The average Bonchev–Trinajstić information content (AvgIpc) is 3.14. The highest BCUT2D eigenvalue weighted by Crippen LogP contribution is 2.19. The van der Waals surface area contributed by atoms with Gasteiger partial charge in [-0.1, -0.05) is 16.8 Å². The van der Waals surface area contributed by atoms with Gasteiger partial charge in [0.25, 0.3) is 0 Å². The van der Waals surface area contributed by atoms with Gasteiger partial charge in [0.1, 0.15) is 5.75 Å². The second-order valence-corrected chi connectivity index (χ2v) is 5.83. The molecule has 1 aliphatic heterocycles. The summed E-state index contributed by atoms with van der Waals surface area (Å²) in [6.45, 7) is 2.46. The smallest absolute Gasteiger partial charge is 0.227 e. The van der Waals surface area contributed by atoms with Crippen LogP contribution in [0.25, 0.3) is 11.4 Å². The number of halogens is 1. The third kappa shape index (κ3) is 5.57. The first-order valence-corrected chi connectivity index (χ1v) is 8.37. The van der Waals surface area contributed by atoms with E-state index in [0.29, 0.717) is 31.1 Å². The van der Waals surface area contributed by atoms with Gasteiger partial charge in [-0.15, -0.1) is 12.4 Å². The summed E-state index contributed by atoms with van der Waals surface area (Å²) in [6, 6.07) is 7.42. The fourth-order valence-electron chi connectivity index (χ4n) is 2.56. The quantitative estimate of drug-likeness (QED) is 0.717. The van der Waals surface area contributed by atoms with E-state index in [0.717, 1.165) is 30.8 Å². The van der Waals surface area contributed by atoms with E-state index in [4.69, 9.17) is 9.26 Å². The van der Waals surface area contributed by atoms with E-state index in [1.165, 1.54) is 5.57 Å². The van der Waals surface area contributed by atoms with Crippen LogP contribution in [0.5, 0.6) is 5.75 Å². The van der Waals surface area contributed by atoms with Crippen LogP contribution in [0.4, 0.5) is 0 Å². The molecule has 3 rings (SSSR count). The lowest BCUT2D eigenvalue weighted by Crippen LogP contribution is -2.29. The molecule has 0 spiro atoms. The number of aryl methyl sites for hydroxylation is 1. The van der Waals surface area contributed by atoms with Crippen molar-refractivity contribution in [2.75, 3.05) is 26.7 Å². The van der Waals surface area contributed by atoms with Crippen molar-refractivity contribution in [1.82, 2.24) is 20.8 Å². The number of benzene rings is 1. The normalized spacial score (nSPS) is 13.5. The van der Waals surface area contributed by atoms with Crippen LogP contribution in [-0.4, -0.2) is 42.8 Å². The van der Waals surface area contributed by atoms with Gasteiger partial charge < -0.3 is 19.9 Å². The number of ether oxygens (including phenoxy) is 1. The van der Waals surface area contributed by atoms with Gasteiger partial charge >= 0.3 is 0 Å². The van der Waals surface area contributed by atoms with Gasteiger partial charge in [-0.3, -0.25) is 4.79 Å². The van der Waals surface area contributed by atoms with Gasteiger partial charge in [-0.25, -0.2) is 0 Å². The molecule has 1 aromatic carbocycles. The van der Waals surface area contributed by atoms with Crippen LogP contribution in [0.1, 0.15) is 18.7 Å². The van der Waals surface area contributed by atoms with Crippen molar-refractivity contribution in [2.24, 2.45) is 0 Å². The monoisotopic (exact) mass is 378 g/mol. The first kappa shape index (κ1) is 19.9. The van der Waals surface area contributed by atoms with Crippen LogP contribution in [-0.2, 0) is 11.2 Å². The maximum absolute atomic E-state index is 11.9. The zero-order chi connectivity index (χ0) is 17.5. The maximum atomic E-state index is 11.9. The lowest BCUT2D eigenvalue weighted by atomic mass is 10.1. The molecule has 0 radical (unpaired) electrons. The van der Waals surface area contributed by atoms with Gasteiger partial charge in [-0.2, -0.15) is 4.98 Å². The predicted molar refractivity (Wildman–Crippen MR) is 100 cm³/mol. The summed E-state index contributed by atoms with van der Waals surface area (Å²) in [4.78, 5) is 16.3. The minimum absolute atomic E-state index is 0. The van der Waals surface area contributed by atoms with Crippen LogP contribution in [0.15, 0.2) is 40.4 Å². The average molecular weight is 379 g/mol. The third-order valence-corrected chi connectivity index (χ3v) is 4.05. The number of nitrogens with zero attached hydrogens (tertiary/aromatic N) is 2. The molecule has 0 aliphatic carbocycles. The lowest BCUT2D eigenvalue weighted by Gasteiger charge is -2.14. The molecule has 0 unspecified atom stereocenters. The predicted octanol–water partition coefficient (Wildman–Crippen LogP) is 2.14. The Labute approximate surface area is 158 Å². The van der Waals surface area contributed by atoms with Gasteiger partial charge in [0.2, 0.25) is 17.6 Å². The Balaban J connectivity index is 0.00000243.